The maximum absolute atomic E-state index is 12.5. The summed E-state index contributed by atoms with van der Waals surface area (Å²) < 4.78 is 9.26. The fraction of sp³-hybridized carbons (Fsp3) is 0.400. The lowest BCUT2D eigenvalue weighted by Crippen LogP contribution is -2.12. The van der Waals surface area contributed by atoms with Crippen LogP contribution in [-0.2, 0) is 6.42 Å². The minimum Gasteiger partial charge on any atom is -0.333 e. The molecule has 0 radical (unpaired) electrons. The highest BCUT2D eigenvalue weighted by molar-refractivity contribution is 7.14. The smallest absolute Gasteiger partial charge is 0.270 e. The van der Waals surface area contributed by atoms with Gasteiger partial charge in [-0.25, -0.2) is 0 Å². The van der Waals surface area contributed by atoms with Crippen molar-refractivity contribution in [2.75, 3.05) is 5.32 Å². The Morgan fingerprint density at radius 3 is 3.12 bits per heavy atom. The van der Waals surface area contributed by atoms with Gasteiger partial charge in [-0.2, -0.15) is 4.98 Å². The number of hydrogen-bond acceptors (Lipinski definition) is 8. The maximum atomic E-state index is 12.5. The van der Waals surface area contributed by atoms with Gasteiger partial charge in [-0.05, 0) is 42.2 Å². The standard InChI is InChI=1S/C15H15N5O2S2/c1-2-3-10-11(24-20-18-10)14(21)16-9-6-7-23-12(9)15-17-13(19-22-15)8-4-5-8/h6-8H,2-5H2,1H3,(H,16,21). The van der Waals surface area contributed by atoms with Gasteiger partial charge in [-0.1, -0.05) is 23.0 Å². The normalized spacial score (nSPS) is 14.0. The van der Waals surface area contributed by atoms with Gasteiger partial charge in [0.05, 0.1) is 11.4 Å². The van der Waals surface area contributed by atoms with Crippen molar-refractivity contribution in [1.82, 2.24) is 19.7 Å². The van der Waals surface area contributed by atoms with Gasteiger partial charge in [0.2, 0.25) is 0 Å². The van der Waals surface area contributed by atoms with Crippen LogP contribution in [0.4, 0.5) is 5.69 Å². The molecule has 24 heavy (non-hydrogen) atoms. The highest BCUT2D eigenvalue weighted by atomic mass is 32.1. The average molecular weight is 361 g/mol. The quantitative estimate of drug-likeness (QED) is 0.719. The molecule has 7 nitrogen and oxygen atoms in total. The molecule has 1 fully saturated rings. The average Bonchev–Trinajstić information content (AvgIpc) is 3.00. The van der Waals surface area contributed by atoms with Gasteiger partial charge in [0, 0.05) is 5.92 Å². The summed E-state index contributed by atoms with van der Waals surface area (Å²) in [6.07, 6.45) is 3.89. The van der Waals surface area contributed by atoms with Gasteiger partial charge in [0.15, 0.2) is 5.82 Å². The molecule has 1 aliphatic carbocycles. The minimum atomic E-state index is -0.199. The molecule has 1 N–H and O–H groups in total. The second-order valence-electron chi connectivity index (χ2n) is 5.65. The number of amides is 1. The van der Waals surface area contributed by atoms with Crippen molar-refractivity contribution in [2.24, 2.45) is 0 Å². The molecular weight excluding hydrogens is 346 g/mol. The van der Waals surface area contributed by atoms with Crippen LogP contribution in [0.3, 0.4) is 0 Å². The zero-order valence-electron chi connectivity index (χ0n) is 13.0. The van der Waals surface area contributed by atoms with E-state index in [-0.39, 0.29) is 5.91 Å². The zero-order chi connectivity index (χ0) is 16.5. The second kappa shape index (κ2) is 6.40. The molecule has 1 amide bonds. The predicted octanol–water partition coefficient (Wildman–Crippen LogP) is 3.73. The Labute approximate surface area is 146 Å². The lowest BCUT2D eigenvalue weighted by molar-refractivity contribution is 0.102. The highest BCUT2D eigenvalue weighted by Crippen LogP contribution is 2.40. The first-order chi connectivity index (χ1) is 11.8. The molecule has 0 spiro atoms. The summed E-state index contributed by atoms with van der Waals surface area (Å²) in [4.78, 5) is 18.3. The highest BCUT2D eigenvalue weighted by Gasteiger charge is 2.29. The van der Waals surface area contributed by atoms with E-state index in [1.54, 1.807) is 0 Å². The van der Waals surface area contributed by atoms with E-state index in [1.165, 1.54) is 11.3 Å². The van der Waals surface area contributed by atoms with Crippen molar-refractivity contribution in [3.63, 3.8) is 0 Å². The molecule has 0 aromatic carbocycles. The number of hydrogen-bond donors (Lipinski definition) is 1. The van der Waals surface area contributed by atoms with Crippen LogP contribution in [0.15, 0.2) is 16.0 Å². The molecule has 0 atom stereocenters. The third-order valence-corrected chi connectivity index (χ3v) is 5.41. The molecule has 9 heteroatoms. The molecule has 0 saturated heterocycles. The molecule has 3 aromatic rings. The largest absolute Gasteiger partial charge is 0.333 e. The summed E-state index contributed by atoms with van der Waals surface area (Å²) in [5.41, 5.74) is 1.41. The van der Waals surface area contributed by atoms with E-state index in [1.807, 2.05) is 18.4 Å². The van der Waals surface area contributed by atoms with Gasteiger partial charge in [0.25, 0.3) is 11.8 Å². The van der Waals surface area contributed by atoms with Crippen LogP contribution in [0.25, 0.3) is 10.8 Å². The van der Waals surface area contributed by atoms with Crippen molar-refractivity contribution in [2.45, 2.75) is 38.5 Å². The minimum absolute atomic E-state index is 0.199. The maximum Gasteiger partial charge on any atom is 0.270 e. The Kier molecular flexibility index (Phi) is 4.11. The van der Waals surface area contributed by atoms with E-state index < -0.39 is 0 Å². The number of aryl methyl sites for hydroxylation is 1. The first-order valence-corrected chi connectivity index (χ1v) is 9.45. The number of anilines is 1. The van der Waals surface area contributed by atoms with Gasteiger partial charge < -0.3 is 9.84 Å². The van der Waals surface area contributed by atoms with Crippen LogP contribution in [0.2, 0.25) is 0 Å². The molecule has 3 heterocycles. The van der Waals surface area contributed by atoms with E-state index in [0.29, 0.717) is 22.4 Å². The third kappa shape index (κ3) is 2.96. The van der Waals surface area contributed by atoms with Crippen LogP contribution in [0.5, 0.6) is 0 Å². The third-order valence-electron chi connectivity index (χ3n) is 3.74. The summed E-state index contributed by atoms with van der Waals surface area (Å²) in [6, 6.07) is 1.84. The van der Waals surface area contributed by atoms with Crippen LogP contribution in [0, 0.1) is 0 Å². The van der Waals surface area contributed by atoms with E-state index >= 15 is 0 Å². The lowest BCUT2D eigenvalue weighted by Gasteiger charge is -2.03. The van der Waals surface area contributed by atoms with E-state index in [2.05, 4.69) is 25.0 Å². The summed E-state index contributed by atoms with van der Waals surface area (Å²) in [5, 5.41) is 12.9. The molecule has 124 valence electrons. The molecule has 3 aromatic heterocycles. The molecule has 0 unspecified atom stereocenters. The lowest BCUT2D eigenvalue weighted by atomic mass is 10.2. The first kappa shape index (κ1) is 15.4. The predicted molar refractivity (Wildman–Crippen MR) is 91.4 cm³/mol. The zero-order valence-corrected chi connectivity index (χ0v) is 14.6. The Hall–Kier alpha value is -2.13. The van der Waals surface area contributed by atoms with Crippen LogP contribution in [0.1, 0.15) is 53.3 Å². The van der Waals surface area contributed by atoms with Gasteiger partial charge in [-0.3, -0.25) is 4.79 Å². The molecular formula is C15H15N5O2S2. The number of rotatable bonds is 6. The van der Waals surface area contributed by atoms with Crippen molar-refractivity contribution in [3.05, 3.63) is 27.8 Å². The monoisotopic (exact) mass is 361 g/mol. The second-order valence-corrected chi connectivity index (χ2v) is 7.32. The van der Waals surface area contributed by atoms with Gasteiger partial charge >= 0.3 is 0 Å². The fourth-order valence-corrected chi connectivity index (χ4v) is 3.74. The fourth-order valence-electron chi connectivity index (χ4n) is 2.37. The number of aromatic nitrogens is 4. The number of thiophene rings is 1. The van der Waals surface area contributed by atoms with Crippen LogP contribution < -0.4 is 5.32 Å². The molecule has 4 rings (SSSR count). The van der Waals surface area contributed by atoms with Crippen molar-refractivity contribution in [1.29, 1.82) is 0 Å². The summed E-state index contributed by atoms with van der Waals surface area (Å²) in [6.45, 7) is 2.05. The SMILES string of the molecule is CCCc1nnsc1C(=O)Nc1ccsc1-c1nc(C2CC2)no1. The van der Waals surface area contributed by atoms with Gasteiger partial charge in [0.1, 0.15) is 9.75 Å². The first-order valence-electron chi connectivity index (χ1n) is 7.80. The van der Waals surface area contributed by atoms with Crippen molar-refractivity contribution >= 4 is 34.5 Å². The number of carbonyl (C=O) groups excluding carboxylic acids is 1. The Bertz CT molecular complexity index is 865. The van der Waals surface area contributed by atoms with E-state index in [0.717, 1.165) is 53.6 Å². The summed E-state index contributed by atoms with van der Waals surface area (Å²) >= 11 is 2.58. The number of carbonyl (C=O) groups is 1. The Balaban J connectivity index is 1.55. The van der Waals surface area contributed by atoms with Crippen LogP contribution in [-0.4, -0.2) is 25.6 Å². The van der Waals surface area contributed by atoms with E-state index in [4.69, 9.17) is 4.52 Å². The van der Waals surface area contributed by atoms with Gasteiger partial charge in [-0.15, -0.1) is 16.4 Å². The van der Waals surface area contributed by atoms with E-state index in [9.17, 15) is 4.79 Å². The molecule has 1 aliphatic rings. The molecule has 0 aliphatic heterocycles. The number of nitrogens with one attached hydrogen (secondary N) is 1. The van der Waals surface area contributed by atoms with Crippen molar-refractivity contribution in [3.8, 4) is 10.8 Å². The topological polar surface area (TPSA) is 93.8 Å². The van der Waals surface area contributed by atoms with Crippen molar-refractivity contribution < 1.29 is 9.32 Å². The molecule has 0 bridgehead atoms. The Morgan fingerprint density at radius 2 is 2.33 bits per heavy atom. The Morgan fingerprint density at radius 1 is 1.46 bits per heavy atom. The number of nitrogens with zero attached hydrogens (tertiary/aromatic N) is 4. The summed E-state index contributed by atoms with van der Waals surface area (Å²) in [5.74, 6) is 1.45. The molecule has 1 saturated carbocycles. The summed E-state index contributed by atoms with van der Waals surface area (Å²) in [7, 11) is 0. The van der Waals surface area contributed by atoms with Crippen LogP contribution >= 0.6 is 22.9 Å².